The van der Waals surface area contributed by atoms with Crippen LogP contribution in [0.1, 0.15) is 44.5 Å². The Morgan fingerprint density at radius 3 is 2.77 bits per heavy atom. The van der Waals surface area contributed by atoms with Gasteiger partial charge in [0.15, 0.2) is 5.03 Å². The second-order valence-electron chi connectivity index (χ2n) is 5.90. The maximum Gasteiger partial charge on any atom is 0.259 e. The van der Waals surface area contributed by atoms with Gasteiger partial charge >= 0.3 is 0 Å². The molecule has 22 heavy (non-hydrogen) atoms. The summed E-state index contributed by atoms with van der Waals surface area (Å²) in [5.41, 5.74) is 0. The third kappa shape index (κ3) is 3.22. The molecule has 0 bridgehead atoms. The first-order valence-corrected chi connectivity index (χ1v) is 9.00. The van der Waals surface area contributed by atoms with Crippen molar-refractivity contribution in [1.82, 2.24) is 23.8 Å². The molecule has 0 aliphatic heterocycles. The molecule has 0 aromatic carbocycles. The molecule has 0 amide bonds. The van der Waals surface area contributed by atoms with E-state index < -0.39 is 10.0 Å². The molecule has 7 nitrogen and oxygen atoms in total. The Morgan fingerprint density at radius 1 is 1.36 bits per heavy atom. The molecule has 0 unspecified atom stereocenters. The van der Waals surface area contributed by atoms with Crippen LogP contribution in [0.15, 0.2) is 29.9 Å². The number of sulfonamides is 1. The summed E-state index contributed by atoms with van der Waals surface area (Å²) in [5.74, 6) is 1.61. The fourth-order valence-corrected chi connectivity index (χ4v) is 3.28. The Labute approximate surface area is 130 Å². The van der Waals surface area contributed by atoms with Crippen molar-refractivity contribution in [2.75, 3.05) is 6.54 Å². The number of hydrogen-bond donors (Lipinski definition) is 1. The lowest BCUT2D eigenvalue weighted by Gasteiger charge is -2.08. The molecule has 0 spiro atoms. The maximum absolute atomic E-state index is 12.2. The van der Waals surface area contributed by atoms with E-state index in [2.05, 4.69) is 14.7 Å². The third-order valence-corrected chi connectivity index (χ3v) is 5.13. The zero-order valence-electron chi connectivity index (χ0n) is 12.8. The van der Waals surface area contributed by atoms with Gasteiger partial charge in [0.2, 0.25) is 0 Å². The fourth-order valence-electron chi connectivity index (χ4n) is 2.32. The van der Waals surface area contributed by atoms with Crippen LogP contribution in [0.25, 0.3) is 0 Å². The van der Waals surface area contributed by atoms with Gasteiger partial charge in [-0.05, 0) is 26.7 Å². The normalized spacial score (nSPS) is 15.6. The van der Waals surface area contributed by atoms with E-state index in [4.69, 9.17) is 0 Å². The Bertz CT molecular complexity index is 743. The van der Waals surface area contributed by atoms with Crippen LogP contribution in [0.4, 0.5) is 0 Å². The van der Waals surface area contributed by atoms with Crippen LogP contribution in [-0.4, -0.2) is 34.1 Å². The molecule has 1 fully saturated rings. The molecule has 1 aliphatic carbocycles. The quantitative estimate of drug-likeness (QED) is 0.837. The monoisotopic (exact) mass is 323 g/mol. The van der Waals surface area contributed by atoms with Crippen LogP contribution in [0.2, 0.25) is 0 Å². The van der Waals surface area contributed by atoms with Gasteiger partial charge in [-0.3, -0.25) is 0 Å². The molecule has 2 aromatic heterocycles. The van der Waals surface area contributed by atoms with Crippen molar-refractivity contribution in [2.45, 2.75) is 50.2 Å². The Hall–Kier alpha value is -1.67. The largest absolute Gasteiger partial charge is 0.334 e. The van der Waals surface area contributed by atoms with E-state index in [0.717, 1.165) is 5.82 Å². The lowest BCUT2D eigenvalue weighted by molar-refractivity contribution is 0.565. The van der Waals surface area contributed by atoms with Gasteiger partial charge < -0.3 is 9.13 Å². The van der Waals surface area contributed by atoms with Crippen LogP contribution in [0, 0.1) is 0 Å². The summed E-state index contributed by atoms with van der Waals surface area (Å²) < 4.78 is 30.8. The average molecular weight is 323 g/mol. The molecular weight excluding hydrogens is 302 g/mol. The smallest absolute Gasteiger partial charge is 0.259 e. The second-order valence-corrected chi connectivity index (χ2v) is 7.62. The Kier molecular flexibility index (Phi) is 4.05. The van der Waals surface area contributed by atoms with E-state index in [1.807, 2.05) is 24.6 Å². The lowest BCUT2D eigenvalue weighted by Crippen LogP contribution is -2.28. The molecule has 0 atom stereocenters. The van der Waals surface area contributed by atoms with E-state index in [-0.39, 0.29) is 11.1 Å². The lowest BCUT2D eigenvalue weighted by atomic mass is 10.4. The van der Waals surface area contributed by atoms with Crippen LogP contribution in [0.5, 0.6) is 0 Å². The Balaban J connectivity index is 1.60. The molecule has 3 rings (SSSR count). The van der Waals surface area contributed by atoms with Gasteiger partial charge in [0.1, 0.15) is 5.82 Å². The highest BCUT2D eigenvalue weighted by Gasteiger charge is 2.27. The summed E-state index contributed by atoms with van der Waals surface area (Å²) >= 11 is 0. The van der Waals surface area contributed by atoms with Crippen molar-refractivity contribution in [1.29, 1.82) is 0 Å². The predicted molar refractivity (Wildman–Crippen MR) is 82.0 cm³/mol. The van der Waals surface area contributed by atoms with Gasteiger partial charge in [-0.2, -0.15) is 0 Å². The van der Waals surface area contributed by atoms with Crippen molar-refractivity contribution >= 4 is 10.0 Å². The highest BCUT2D eigenvalue weighted by Crippen LogP contribution is 2.38. The number of imidazole rings is 2. The topological polar surface area (TPSA) is 81.8 Å². The minimum Gasteiger partial charge on any atom is -0.334 e. The molecule has 120 valence electrons. The summed E-state index contributed by atoms with van der Waals surface area (Å²) in [4.78, 5) is 8.32. The molecule has 2 aromatic rings. The van der Waals surface area contributed by atoms with Crippen LogP contribution in [-0.2, 0) is 16.6 Å². The summed E-state index contributed by atoms with van der Waals surface area (Å²) in [5, 5.41) is 0.0641. The summed E-state index contributed by atoms with van der Waals surface area (Å²) in [7, 11) is -3.56. The van der Waals surface area contributed by atoms with Gasteiger partial charge in [0.05, 0.1) is 6.33 Å². The highest BCUT2D eigenvalue weighted by molar-refractivity contribution is 7.89. The SMILES string of the molecule is CC(C)n1cnc(S(=O)(=O)NCCn2ccnc2C2CC2)c1. The summed E-state index contributed by atoms with van der Waals surface area (Å²) in [6.45, 7) is 4.86. The molecule has 1 N–H and O–H groups in total. The molecule has 0 saturated heterocycles. The minimum absolute atomic E-state index is 0.0641. The van der Waals surface area contributed by atoms with E-state index in [1.165, 1.54) is 12.8 Å². The zero-order chi connectivity index (χ0) is 15.7. The van der Waals surface area contributed by atoms with Gasteiger partial charge in [-0.1, -0.05) is 0 Å². The van der Waals surface area contributed by atoms with E-state index in [9.17, 15) is 8.42 Å². The van der Waals surface area contributed by atoms with E-state index in [0.29, 0.717) is 19.0 Å². The summed E-state index contributed by atoms with van der Waals surface area (Å²) in [6.07, 6.45) is 9.12. The van der Waals surface area contributed by atoms with Crippen LogP contribution < -0.4 is 4.72 Å². The van der Waals surface area contributed by atoms with Crippen molar-refractivity contribution in [2.24, 2.45) is 0 Å². The van der Waals surface area contributed by atoms with Gasteiger partial charge in [0, 0.05) is 43.6 Å². The van der Waals surface area contributed by atoms with Gasteiger partial charge in [0.25, 0.3) is 10.0 Å². The van der Waals surface area contributed by atoms with Gasteiger partial charge in [-0.25, -0.2) is 23.1 Å². The first kappa shape index (κ1) is 15.2. The van der Waals surface area contributed by atoms with E-state index >= 15 is 0 Å². The standard InChI is InChI=1S/C14H21N5O2S/c1-11(2)19-9-13(16-10-19)22(20,21)17-6-8-18-7-5-15-14(18)12-3-4-12/h5,7,9-12,17H,3-4,6,8H2,1-2H3. The maximum atomic E-state index is 12.2. The summed E-state index contributed by atoms with van der Waals surface area (Å²) in [6, 6.07) is 0.184. The molecular formula is C14H21N5O2S. The van der Waals surface area contributed by atoms with E-state index in [1.54, 1.807) is 23.3 Å². The number of nitrogens with one attached hydrogen (secondary N) is 1. The zero-order valence-corrected chi connectivity index (χ0v) is 13.6. The van der Waals surface area contributed by atoms with Crippen molar-refractivity contribution in [3.05, 3.63) is 30.7 Å². The average Bonchev–Trinajstić information content (AvgIpc) is 3.00. The number of rotatable bonds is 7. The van der Waals surface area contributed by atoms with Crippen LogP contribution >= 0.6 is 0 Å². The molecule has 0 radical (unpaired) electrons. The van der Waals surface area contributed by atoms with Crippen molar-refractivity contribution < 1.29 is 8.42 Å². The second kappa shape index (κ2) is 5.85. The predicted octanol–water partition coefficient (Wildman–Crippen LogP) is 1.52. The molecule has 2 heterocycles. The van der Waals surface area contributed by atoms with Crippen LogP contribution in [0.3, 0.4) is 0 Å². The highest BCUT2D eigenvalue weighted by atomic mass is 32.2. The number of nitrogens with zero attached hydrogens (tertiary/aromatic N) is 4. The third-order valence-electron chi connectivity index (χ3n) is 3.78. The molecule has 8 heteroatoms. The van der Waals surface area contributed by atoms with Crippen molar-refractivity contribution in [3.8, 4) is 0 Å². The fraction of sp³-hybridized carbons (Fsp3) is 0.571. The number of aromatic nitrogens is 4. The van der Waals surface area contributed by atoms with Crippen molar-refractivity contribution in [3.63, 3.8) is 0 Å². The first-order chi connectivity index (χ1) is 10.5. The number of hydrogen-bond acceptors (Lipinski definition) is 4. The molecule has 1 aliphatic rings. The Morgan fingerprint density at radius 2 is 2.14 bits per heavy atom. The molecule has 1 saturated carbocycles. The first-order valence-electron chi connectivity index (χ1n) is 7.51. The van der Waals surface area contributed by atoms with Gasteiger partial charge in [-0.15, -0.1) is 0 Å². The minimum atomic E-state index is -3.56.